The summed E-state index contributed by atoms with van der Waals surface area (Å²) in [6.45, 7) is 15.5. The number of amides is 2. The summed E-state index contributed by atoms with van der Waals surface area (Å²) < 4.78 is 12.3. The smallest absolute Gasteiger partial charge is 0.260 e. The molecular formula is C56H70N4O10. The van der Waals surface area contributed by atoms with Gasteiger partial charge in [-0.05, 0) is 134 Å². The summed E-state index contributed by atoms with van der Waals surface area (Å²) in [6.07, 6.45) is 14.0. The van der Waals surface area contributed by atoms with Crippen LogP contribution in [0.15, 0.2) is 77.9 Å². The van der Waals surface area contributed by atoms with E-state index in [0.717, 1.165) is 68.9 Å². The molecule has 4 aromatic rings. The van der Waals surface area contributed by atoms with Gasteiger partial charge in [0, 0.05) is 30.8 Å². The average molecular weight is 959 g/mol. The normalized spacial score (nSPS) is 22.1. The van der Waals surface area contributed by atoms with Gasteiger partial charge in [0.05, 0.1) is 57.7 Å². The monoisotopic (exact) mass is 959 g/mol. The quantitative estimate of drug-likeness (QED) is 0.0180. The van der Waals surface area contributed by atoms with Crippen LogP contribution in [0.5, 0.6) is 34.5 Å². The first kappa shape index (κ1) is 50.0. The molecule has 6 unspecified atom stereocenters. The Kier molecular flexibility index (Phi) is 14.4. The molecule has 2 saturated heterocycles. The third-order valence-corrected chi connectivity index (χ3v) is 14.8. The zero-order valence-electron chi connectivity index (χ0n) is 41.6. The van der Waals surface area contributed by atoms with Gasteiger partial charge in [-0.1, -0.05) is 56.1 Å². The van der Waals surface area contributed by atoms with E-state index in [1.807, 2.05) is 13.0 Å². The molecule has 8 rings (SSSR count). The second kappa shape index (κ2) is 20.2. The van der Waals surface area contributed by atoms with Crippen LogP contribution in [0.1, 0.15) is 139 Å². The zero-order chi connectivity index (χ0) is 50.2. The van der Waals surface area contributed by atoms with Gasteiger partial charge < -0.3 is 60.5 Å². The Bertz CT molecular complexity index is 2710. The number of nitrogens with one attached hydrogen (secondary N) is 2. The van der Waals surface area contributed by atoms with Crippen LogP contribution in [0.4, 0.5) is 34.1 Å². The largest absolute Gasteiger partial charge is 0.508 e. The Morgan fingerprint density at radius 3 is 1.94 bits per heavy atom. The molecule has 0 aromatic heterocycles. The number of ether oxygens (including phenoxy) is 2. The topological polar surface area (TPSA) is 211 Å². The Labute approximate surface area is 411 Å². The molecule has 14 nitrogen and oxygen atoms in total. The van der Waals surface area contributed by atoms with Crippen molar-refractivity contribution >= 4 is 45.9 Å². The number of epoxide rings is 2. The summed E-state index contributed by atoms with van der Waals surface area (Å²) in [4.78, 5) is 31.5. The van der Waals surface area contributed by atoms with Crippen LogP contribution < -0.4 is 20.4 Å². The minimum absolute atomic E-state index is 0.0866. The number of benzene rings is 4. The molecule has 0 spiro atoms. The summed E-state index contributed by atoms with van der Waals surface area (Å²) in [7, 11) is 0. The summed E-state index contributed by atoms with van der Waals surface area (Å²) in [5, 5.41) is 70.7. The van der Waals surface area contributed by atoms with Crippen molar-refractivity contribution in [3.63, 3.8) is 0 Å². The SMILES string of the molecule is CC(C)=CCCC1(C)OC1CCC(C)CCN1C(=O)c2cc(C/C(C)=C/CCC(C)CCCC3(C)OC3CN3C(=O)c4cccc(O)c4Nc4c(O)cc(O)cc43)cc(O)c2Nc2c(O)cc(O)cc21. The number of anilines is 6. The zero-order valence-corrected chi connectivity index (χ0v) is 41.6. The second-order valence-electron chi connectivity index (χ2n) is 21.0. The highest BCUT2D eigenvalue weighted by atomic mass is 16.6. The number of allylic oxidation sites excluding steroid dienone is 4. The van der Waals surface area contributed by atoms with Gasteiger partial charge in [0.2, 0.25) is 0 Å². The fraction of sp³-hybridized carbons (Fsp3) is 0.464. The van der Waals surface area contributed by atoms with Crippen LogP contribution in [-0.4, -0.2) is 79.0 Å². The van der Waals surface area contributed by atoms with E-state index < -0.39 is 5.60 Å². The summed E-state index contributed by atoms with van der Waals surface area (Å²) in [6, 6.07) is 13.4. The van der Waals surface area contributed by atoms with Crippen LogP contribution in [-0.2, 0) is 15.9 Å². The van der Waals surface area contributed by atoms with E-state index in [2.05, 4.69) is 64.3 Å². The lowest BCUT2D eigenvalue weighted by molar-refractivity contribution is 0.0978. The Morgan fingerprint density at radius 1 is 0.657 bits per heavy atom. The predicted octanol–water partition coefficient (Wildman–Crippen LogP) is 12.0. The summed E-state index contributed by atoms with van der Waals surface area (Å²) >= 11 is 0. The van der Waals surface area contributed by atoms with E-state index >= 15 is 0 Å². The molecule has 2 amide bonds. The number of nitrogens with zero attached hydrogens (tertiary/aromatic N) is 2. The highest BCUT2D eigenvalue weighted by molar-refractivity contribution is 6.16. The van der Waals surface area contributed by atoms with E-state index in [1.165, 1.54) is 40.8 Å². The fourth-order valence-electron chi connectivity index (χ4n) is 10.3. The summed E-state index contributed by atoms with van der Waals surface area (Å²) in [5.74, 6) is -1.10. The highest BCUT2D eigenvalue weighted by Gasteiger charge is 2.53. The molecule has 8 N–H and O–H groups in total. The number of fused-ring (bicyclic) bond motifs is 4. The first-order valence-electron chi connectivity index (χ1n) is 24.9. The first-order chi connectivity index (χ1) is 33.2. The number of hydrogen-bond acceptors (Lipinski definition) is 12. The molecular weight excluding hydrogens is 889 g/mol. The number of carbonyl (C=O) groups excluding carboxylic acids is 2. The van der Waals surface area contributed by atoms with Crippen molar-refractivity contribution in [3.8, 4) is 34.5 Å². The Balaban J connectivity index is 0.841. The molecule has 4 heterocycles. The van der Waals surface area contributed by atoms with Gasteiger partial charge in [-0.15, -0.1) is 0 Å². The molecule has 14 heteroatoms. The molecule has 0 saturated carbocycles. The second-order valence-corrected chi connectivity index (χ2v) is 21.0. The van der Waals surface area contributed by atoms with Crippen molar-refractivity contribution in [2.75, 3.05) is 33.5 Å². The van der Waals surface area contributed by atoms with Crippen molar-refractivity contribution in [2.24, 2.45) is 11.8 Å². The van der Waals surface area contributed by atoms with Crippen LogP contribution in [0.3, 0.4) is 0 Å². The first-order valence-corrected chi connectivity index (χ1v) is 24.9. The van der Waals surface area contributed by atoms with Crippen LogP contribution in [0.25, 0.3) is 0 Å². The van der Waals surface area contributed by atoms with Crippen molar-refractivity contribution in [1.29, 1.82) is 0 Å². The molecule has 374 valence electrons. The maximum atomic E-state index is 14.5. The van der Waals surface area contributed by atoms with Crippen LogP contribution in [0.2, 0.25) is 0 Å². The lowest BCUT2D eigenvalue weighted by atomic mass is 9.93. The molecule has 0 bridgehead atoms. The van der Waals surface area contributed by atoms with E-state index in [9.17, 15) is 40.2 Å². The summed E-state index contributed by atoms with van der Waals surface area (Å²) in [5.41, 5.74) is 4.67. The molecule has 4 aliphatic heterocycles. The number of phenolic OH excluding ortho intramolecular Hbond substituents is 6. The average Bonchev–Trinajstić information content (AvgIpc) is 4.17. The van der Waals surface area contributed by atoms with Gasteiger partial charge in [0.25, 0.3) is 11.8 Å². The Morgan fingerprint density at radius 2 is 1.26 bits per heavy atom. The number of carbonyl (C=O) groups is 2. The lowest BCUT2D eigenvalue weighted by Gasteiger charge is -2.25. The molecule has 70 heavy (non-hydrogen) atoms. The molecule has 4 aromatic carbocycles. The van der Waals surface area contributed by atoms with Crippen molar-refractivity contribution in [3.05, 3.63) is 94.6 Å². The molecule has 6 atom stereocenters. The van der Waals surface area contributed by atoms with Crippen molar-refractivity contribution < 1.29 is 49.7 Å². The van der Waals surface area contributed by atoms with Crippen molar-refractivity contribution in [1.82, 2.24) is 0 Å². The van der Waals surface area contributed by atoms with Gasteiger partial charge >= 0.3 is 0 Å². The third-order valence-electron chi connectivity index (χ3n) is 14.8. The number of hydrogen-bond donors (Lipinski definition) is 8. The standard InChI is InChI=1S/C56H70N4O10/c1-32(2)12-10-21-55(6)47(69-55)19-18-34(4)20-23-59-41-27-37(61)29-45(65)51(41)58-50-40(54(59)68)25-36(26-44(50)64)24-35(5)14-8-13-33(3)15-11-22-56(7)48(70-56)31-60-42-28-38(62)30-46(66)52(42)57-49-39(53(60)67)16-9-17-43(49)63/h9,12,14,16-17,25-30,33-34,47-48,57-58,61-66H,8,10-11,13,15,18-24,31H2,1-7H3/b35-14+. The predicted molar refractivity (Wildman–Crippen MR) is 274 cm³/mol. The van der Waals surface area contributed by atoms with E-state index in [1.54, 1.807) is 23.1 Å². The van der Waals surface area contributed by atoms with E-state index in [4.69, 9.17) is 9.47 Å². The van der Waals surface area contributed by atoms with Crippen LogP contribution >= 0.6 is 0 Å². The molecule has 2 fully saturated rings. The number of phenols is 6. The van der Waals surface area contributed by atoms with Gasteiger partial charge in [-0.25, -0.2) is 0 Å². The van der Waals surface area contributed by atoms with Gasteiger partial charge in [-0.3, -0.25) is 9.59 Å². The van der Waals surface area contributed by atoms with Gasteiger partial charge in [0.15, 0.2) is 0 Å². The minimum Gasteiger partial charge on any atom is -0.508 e. The fourth-order valence-corrected chi connectivity index (χ4v) is 10.3. The van der Waals surface area contributed by atoms with E-state index in [0.29, 0.717) is 36.7 Å². The Hall–Kier alpha value is -6.38. The van der Waals surface area contributed by atoms with Crippen molar-refractivity contribution in [2.45, 2.75) is 143 Å². The van der Waals surface area contributed by atoms with Gasteiger partial charge in [0.1, 0.15) is 52.0 Å². The molecule has 0 radical (unpaired) electrons. The molecule has 4 aliphatic rings. The number of aromatic hydroxyl groups is 6. The lowest BCUT2D eigenvalue weighted by Crippen LogP contribution is -2.35. The maximum absolute atomic E-state index is 14.5. The van der Waals surface area contributed by atoms with E-state index in [-0.39, 0.29) is 110 Å². The number of rotatable bonds is 20. The van der Waals surface area contributed by atoms with Crippen LogP contribution in [0, 0.1) is 11.8 Å². The maximum Gasteiger partial charge on any atom is 0.260 e. The molecule has 0 aliphatic carbocycles. The van der Waals surface area contributed by atoms with Gasteiger partial charge in [-0.2, -0.15) is 0 Å². The minimum atomic E-state index is -0.451. The highest BCUT2D eigenvalue weighted by Crippen LogP contribution is 2.50. The number of para-hydroxylation sites is 1. The third kappa shape index (κ3) is 11.0.